The molecule has 10 heteroatoms. The molecule has 0 saturated carbocycles. The summed E-state index contributed by atoms with van der Waals surface area (Å²) in [4.78, 5) is 10.8. The predicted octanol–water partition coefficient (Wildman–Crippen LogP) is 2.81. The molecule has 126 valence electrons. The number of hydrogen-bond acceptors (Lipinski definition) is 5. The number of alkyl halides is 3. The van der Waals surface area contributed by atoms with Crippen LogP contribution < -0.4 is 9.50 Å². The van der Waals surface area contributed by atoms with Crippen LogP contribution >= 0.6 is 11.3 Å². The second-order valence-corrected chi connectivity index (χ2v) is 7.08. The topological polar surface area (TPSA) is 72.5 Å². The number of halogens is 3. The Morgan fingerprint density at radius 3 is 2.65 bits per heavy atom. The summed E-state index contributed by atoms with van der Waals surface area (Å²) >= 11 is 1.37. The lowest BCUT2D eigenvalue weighted by atomic mass is 10.1. The Morgan fingerprint density at radius 2 is 2.04 bits per heavy atom. The van der Waals surface area contributed by atoms with Gasteiger partial charge in [0.15, 0.2) is 0 Å². The number of fused-ring (bicyclic) bond motifs is 1. The minimum Gasteiger partial charge on any atom is -0.376 e. The van der Waals surface area contributed by atoms with Crippen molar-refractivity contribution in [2.45, 2.75) is 18.9 Å². The molecule has 1 aromatic heterocycles. The molecule has 1 amide bonds. The van der Waals surface area contributed by atoms with Crippen molar-refractivity contribution in [1.82, 2.24) is 5.32 Å². The number of amides is 1. The van der Waals surface area contributed by atoms with Crippen molar-refractivity contribution in [3.63, 3.8) is 0 Å². The van der Waals surface area contributed by atoms with Crippen LogP contribution in [-0.4, -0.2) is 26.4 Å². The summed E-state index contributed by atoms with van der Waals surface area (Å²) in [7, 11) is -5.70. The number of benzene rings is 1. The average molecular weight is 367 g/mol. The van der Waals surface area contributed by atoms with Gasteiger partial charge in [-0.25, -0.2) is 0 Å². The number of carbonyl (C=O) groups is 1. The van der Waals surface area contributed by atoms with Gasteiger partial charge in [-0.2, -0.15) is 21.6 Å². The third-order valence-electron chi connectivity index (χ3n) is 2.88. The van der Waals surface area contributed by atoms with Gasteiger partial charge in [0.05, 0.1) is 0 Å². The molecule has 0 fully saturated rings. The quantitative estimate of drug-likeness (QED) is 0.652. The van der Waals surface area contributed by atoms with Crippen molar-refractivity contribution < 1.29 is 30.6 Å². The van der Waals surface area contributed by atoms with Gasteiger partial charge in [0, 0.05) is 18.2 Å². The smallest absolute Gasteiger partial charge is 0.376 e. The molecule has 0 bridgehead atoms. The second-order valence-electron chi connectivity index (χ2n) is 4.64. The zero-order valence-electron chi connectivity index (χ0n) is 11.8. The fourth-order valence-corrected chi connectivity index (χ4v) is 3.28. The Bertz CT molecular complexity index is 827. The van der Waals surface area contributed by atoms with E-state index in [1.807, 2.05) is 0 Å². The van der Waals surface area contributed by atoms with Crippen LogP contribution in [0.4, 0.5) is 13.2 Å². The van der Waals surface area contributed by atoms with E-state index in [1.165, 1.54) is 36.5 Å². The highest BCUT2D eigenvalue weighted by molar-refractivity contribution is 7.88. The van der Waals surface area contributed by atoms with E-state index in [0.29, 0.717) is 18.4 Å². The molecule has 23 heavy (non-hydrogen) atoms. The molecular formula is C13H12F3NO4S2. The van der Waals surface area contributed by atoms with Crippen molar-refractivity contribution in [3.05, 3.63) is 29.1 Å². The van der Waals surface area contributed by atoms with Crippen LogP contribution in [0.15, 0.2) is 23.6 Å². The van der Waals surface area contributed by atoms with E-state index in [-0.39, 0.29) is 5.91 Å². The van der Waals surface area contributed by atoms with Gasteiger partial charge in [0.1, 0.15) is 5.75 Å². The molecule has 0 aliphatic carbocycles. The van der Waals surface area contributed by atoms with Crippen molar-refractivity contribution >= 4 is 37.4 Å². The first-order valence-corrected chi connectivity index (χ1v) is 8.64. The molecule has 0 aliphatic heterocycles. The van der Waals surface area contributed by atoms with Crippen LogP contribution in [0.2, 0.25) is 0 Å². The van der Waals surface area contributed by atoms with Crippen LogP contribution in [0.5, 0.6) is 5.75 Å². The molecule has 0 spiro atoms. The standard InChI is InChI=1S/C13H12F3NO4S2/c1-8(18)17-5-4-9-7-22-12-3-2-10(6-11(9)12)21-23(19,20)13(14,15)16/h2-3,6-7H,4-5H2,1H3,(H,17,18). The molecule has 2 rings (SSSR count). The maximum atomic E-state index is 12.3. The summed E-state index contributed by atoms with van der Waals surface area (Å²) in [6, 6.07) is 3.90. The van der Waals surface area contributed by atoms with Gasteiger partial charge in [0.2, 0.25) is 5.91 Å². The fourth-order valence-electron chi connectivity index (χ4n) is 1.85. The normalized spacial score (nSPS) is 12.3. The molecular weight excluding hydrogens is 355 g/mol. The first-order chi connectivity index (χ1) is 10.6. The van der Waals surface area contributed by atoms with Crippen LogP contribution in [0.1, 0.15) is 12.5 Å². The first kappa shape index (κ1) is 17.5. The number of hydrogen-bond donors (Lipinski definition) is 1. The Balaban J connectivity index is 2.25. The molecule has 0 unspecified atom stereocenters. The Hall–Kier alpha value is -1.81. The molecule has 0 atom stereocenters. The molecule has 1 aromatic carbocycles. The highest BCUT2D eigenvalue weighted by Crippen LogP contribution is 2.32. The largest absolute Gasteiger partial charge is 0.534 e. The second kappa shape index (κ2) is 6.36. The van der Waals surface area contributed by atoms with Gasteiger partial charge in [-0.3, -0.25) is 4.79 Å². The summed E-state index contributed by atoms with van der Waals surface area (Å²) in [6.07, 6.45) is 0.467. The van der Waals surface area contributed by atoms with E-state index in [4.69, 9.17) is 0 Å². The van der Waals surface area contributed by atoms with Crippen LogP contribution in [0, 0.1) is 0 Å². The first-order valence-electron chi connectivity index (χ1n) is 6.35. The average Bonchev–Trinajstić information content (AvgIpc) is 2.79. The summed E-state index contributed by atoms with van der Waals surface area (Å²) < 4.78 is 64.0. The summed E-state index contributed by atoms with van der Waals surface area (Å²) in [5.41, 5.74) is -4.70. The van der Waals surface area contributed by atoms with E-state index < -0.39 is 21.4 Å². The molecule has 0 radical (unpaired) electrons. The molecule has 0 saturated heterocycles. The van der Waals surface area contributed by atoms with Crippen LogP contribution in [0.3, 0.4) is 0 Å². The Morgan fingerprint density at radius 1 is 1.35 bits per heavy atom. The summed E-state index contributed by atoms with van der Waals surface area (Å²) in [5, 5.41) is 5.00. The molecule has 2 aromatic rings. The summed E-state index contributed by atoms with van der Waals surface area (Å²) in [6.45, 7) is 1.74. The van der Waals surface area contributed by atoms with Crippen molar-refractivity contribution in [3.8, 4) is 5.75 Å². The minimum atomic E-state index is -5.70. The third-order valence-corrected chi connectivity index (χ3v) is 4.87. The van der Waals surface area contributed by atoms with Crippen molar-refractivity contribution in [2.75, 3.05) is 6.54 Å². The fraction of sp³-hybridized carbons (Fsp3) is 0.308. The van der Waals surface area contributed by atoms with Gasteiger partial charge in [-0.05, 0) is 40.9 Å². The number of nitrogens with one attached hydrogen (secondary N) is 1. The Labute approximate surface area is 134 Å². The molecule has 1 N–H and O–H groups in total. The monoisotopic (exact) mass is 367 g/mol. The number of thiophene rings is 1. The zero-order valence-corrected chi connectivity index (χ0v) is 13.4. The lowest BCUT2D eigenvalue weighted by molar-refractivity contribution is -0.118. The summed E-state index contributed by atoms with van der Waals surface area (Å²) in [5.74, 6) is -0.598. The number of rotatable bonds is 5. The van der Waals surface area contributed by atoms with Gasteiger partial charge >= 0.3 is 15.6 Å². The highest BCUT2D eigenvalue weighted by Gasteiger charge is 2.48. The predicted molar refractivity (Wildman–Crippen MR) is 79.8 cm³/mol. The maximum Gasteiger partial charge on any atom is 0.534 e. The van der Waals surface area contributed by atoms with Gasteiger partial charge < -0.3 is 9.50 Å². The van der Waals surface area contributed by atoms with E-state index >= 15 is 0 Å². The maximum absolute atomic E-state index is 12.3. The lowest BCUT2D eigenvalue weighted by Gasteiger charge is -2.09. The van der Waals surface area contributed by atoms with E-state index in [1.54, 1.807) is 5.38 Å². The third kappa shape index (κ3) is 4.14. The highest BCUT2D eigenvalue weighted by atomic mass is 32.2. The number of carbonyl (C=O) groups excluding carboxylic acids is 1. The van der Waals surface area contributed by atoms with Crippen LogP contribution in [-0.2, 0) is 21.3 Å². The zero-order chi connectivity index (χ0) is 17.3. The van der Waals surface area contributed by atoms with Crippen LogP contribution in [0.25, 0.3) is 10.1 Å². The minimum absolute atomic E-state index is 0.190. The van der Waals surface area contributed by atoms with Gasteiger partial charge in [-0.15, -0.1) is 11.3 Å². The lowest BCUT2D eigenvalue weighted by Crippen LogP contribution is -2.28. The van der Waals surface area contributed by atoms with Gasteiger partial charge in [0.25, 0.3) is 0 Å². The molecule has 0 aliphatic rings. The van der Waals surface area contributed by atoms with E-state index in [0.717, 1.165) is 10.3 Å². The Kier molecular flexibility index (Phi) is 4.85. The van der Waals surface area contributed by atoms with Crippen molar-refractivity contribution in [1.29, 1.82) is 0 Å². The SMILES string of the molecule is CC(=O)NCCc1csc2ccc(OS(=O)(=O)C(F)(F)F)cc12. The van der Waals surface area contributed by atoms with Crippen molar-refractivity contribution in [2.24, 2.45) is 0 Å². The molecule has 1 heterocycles. The molecule has 5 nitrogen and oxygen atoms in total. The van der Waals surface area contributed by atoms with E-state index in [2.05, 4.69) is 9.50 Å². The van der Waals surface area contributed by atoms with Gasteiger partial charge in [-0.1, -0.05) is 0 Å². The van der Waals surface area contributed by atoms with E-state index in [9.17, 15) is 26.4 Å².